The topological polar surface area (TPSA) is 68.3 Å². The van der Waals surface area contributed by atoms with Crippen LogP contribution in [0.1, 0.15) is 59.9 Å². The summed E-state index contributed by atoms with van der Waals surface area (Å²) in [5, 5.41) is 6.05. The molecule has 0 aliphatic heterocycles. The number of hydrogen-bond acceptors (Lipinski definition) is 5. The number of thiazole rings is 1. The first-order valence-electron chi connectivity index (χ1n) is 9.73. The van der Waals surface area contributed by atoms with Crippen LogP contribution in [0.25, 0.3) is 0 Å². The van der Waals surface area contributed by atoms with E-state index in [1.54, 1.807) is 11.3 Å². The molecule has 4 saturated carbocycles. The van der Waals surface area contributed by atoms with Crippen molar-refractivity contribution >= 4 is 34.6 Å². The van der Waals surface area contributed by atoms with Crippen molar-refractivity contribution in [1.82, 2.24) is 10.3 Å². The lowest BCUT2D eigenvalue weighted by Crippen LogP contribution is -2.75. The van der Waals surface area contributed by atoms with E-state index in [1.807, 2.05) is 5.38 Å². The van der Waals surface area contributed by atoms with Crippen molar-refractivity contribution in [3.8, 4) is 5.75 Å². The molecule has 0 radical (unpaired) electrons. The summed E-state index contributed by atoms with van der Waals surface area (Å²) in [6.07, 6.45) is 5.20. The smallest absolute Gasteiger partial charge is 0.271 e. The Kier molecular flexibility index (Phi) is 4.44. The minimum atomic E-state index is -0.571. The molecule has 152 valence electrons. The number of hydrogen-bond donors (Lipinski definition) is 1. The number of amides is 1. The Morgan fingerprint density at radius 3 is 2.76 bits per heavy atom. The van der Waals surface area contributed by atoms with E-state index in [9.17, 15) is 14.0 Å². The number of rotatable bonds is 8. The number of carbonyl (C=O) groups is 2. The van der Waals surface area contributed by atoms with Crippen LogP contribution in [-0.4, -0.2) is 28.8 Å². The molecule has 0 unspecified atom stereocenters. The maximum absolute atomic E-state index is 13.4. The van der Waals surface area contributed by atoms with E-state index in [1.165, 1.54) is 31.0 Å². The maximum Gasteiger partial charge on any atom is 0.271 e. The molecule has 0 saturated heterocycles. The van der Waals surface area contributed by atoms with Crippen molar-refractivity contribution in [1.29, 1.82) is 0 Å². The third kappa shape index (κ3) is 3.66. The van der Waals surface area contributed by atoms with Gasteiger partial charge in [0.25, 0.3) is 5.91 Å². The Hall–Kier alpha value is -1.99. The molecule has 2 aromatic rings. The number of nitrogens with one attached hydrogen (secondary N) is 1. The first-order valence-corrected chi connectivity index (χ1v) is 11.0. The molecule has 1 N–H and O–H groups in total. The second-order valence-electron chi connectivity index (χ2n) is 8.69. The average molecular weight is 435 g/mol. The van der Waals surface area contributed by atoms with Crippen molar-refractivity contribution in [2.45, 2.75) is 50.0 Å². The third-order valence-electron chi connectivity index (χ3n) is 6.06. The van der Waals surface area contributed by atoms with Gasteiger partial charge in [0.15, 0.2) is 5.78 Å². The number of ketones is 1. The molecule has 2 bridgehead atoms. The van der Waals surface area contributed by atoms with Gasteiger partial charge in [0.1, 0.15) is 23.9 Å². The molecule has 1 aromatic heterocycles. The molecule has 0 spiro atoms. The van der Waals surface area contributed by atoms with E-state index in [0.29, 0.717) is 18.0 Å². The van der Waals surface area contributed by atoms with E-state index < -0.39 is 5.82 Å². The first-order chi connectivity index (χ1) is 13.9. The molecule has 1 aromatic carbocycles. The summed E-state index contributed by atoms with van der Waals surface area (Å²) in [5.74, 6) is 0.139. The molecule has 4 fully saturated rings. The summed E-state index contributed by atoms with van der Waals surface area (Å²) in [4.78, 5) is 29.2. The van der Waals surface area contributed by atoms with Gasteiger partial charge in [0.2, 0.25) is 0 Å². The highest BCUT2D eigenvalue weighted by atomic mass is 35.5. The highest BCUT2D eigenvalue weighted by Gasteiger charge is 2.68. The molecular formula is C21H20ClFN2O3S. The van der Waals surface area contributed by atoms with E-state index in [-0.39, 0.29) is 40.0 Å². The second kappa shape index (κ2) is 6.77. The summed E-state index contributed by atoms with van der Waals surface area (Å²) >= 11 is 7.20. The summed E-state index contributed by atoms with van der Waals surface area (Å²) in [6.45, 7) is -0.0923. The minimum absolute atomic E-state index is 0.0197. The fraction of sp³-hybridized carbons (Fsp3) is 0.476. The van der Waals surface area contributed by atoms with E-state index in [2.05, 4.69) is 10.3 Å². The lowest BCUT2D eigenvalue weighted by atomic mass is 9.38. The minimum Gasteiger partial charge on any atom is -0.486 e. The number of carbonyl (C=O) groups excluding carboxylic acids is 2. The Bertz CT molecular complexity index is 984. The fourth-order valence-electron chi connectivity index (χ4n) is 4.73. The molecule has 5 nitrogen and oxygen atoms in total. The predicted molar refractivity (Wildman–Crippen MR) is 107 cm³/mol. The maximum atomic E-state index is 13.4. The monoisotopic (exact) mass is 434 g/mol. The zero-order valence-electron chi connectivity index (χ0n) is 15.7. The molecular weight excluding hydrogens is 415 g/mol. The van der Waals surface area contributed by atoms with Crippen LogP contribution >= 0.6 is 22.9 Å². The normalized spacial score (nSPS) is 27.0. The number of Topliss-reactive ketones (excluding diaryl/α,β-unsaturated/α-hetero) is 1. The van der Waals surface area contributed by atoms with Crippen molar-refractivity contribution in [2.24, 2.45) is 5.41 Å². The molecule has 4 aliphatic carbocycles. The molecule has 29 heavy (non-hydrogen) atoms. The van der Waals surface area contributed by atoms with Crippen LogP contribution in [0.5, 0.6) is 5.75 Å². The van der Waals surface area contributed by atoms with Gasteiger partial charge in [-0.25, -0.2) is 9.37 Å². The van der Waals surface area contributed by atoms with Gasteiger partial charge < -0.3 is 10.1 Å². The summed E-state index contributed by atoms with van der Waals surface area (Å²) in [6, 6.07) is 4.12. The van der Waals surface area contributed by atoms with Gasteiger partial charge in [-0.1, -0.05) is 11.6 Å². The van der Waals surface area contributed by atoms with Gasteiger partial charge in [-0.05, 0) is 49.7 Å². The second-order valence-corrected chi connectivity index (χ2v) is 9.99. The van der Waals surface area contributed by atoms with Crippen molar-refractivity contribution in [2.75, 3.05) is 6.61 Å². The van der Waals surface area contributed by atoms with E-state index in [4.69, 9.17) is 16.3 Å². The first kappa shape index (κ1) is 19.0. The van der Waals surface area contributed by atoms with Crippen molar-refractivity contribution < 1.29 is 18.7 Å². The predicted octanol–water partition coefficient (Wildman–Crippen LogP) is 4.50. The third-order valence-corrected chi connectivity index (χ3v) is 7.38. The molecule has 6 rings (SSSR count). The highest BCUT2D eigenvalue weighted by molar-refractivity contribution is 7.10. The number of halogens is 2. The Labute approximate surface area is 176 Å². The number of benzene rings is 1. The lowest BCUT2D eigenvalue weighted by molar-refractivity contribution is -0.162. The van der Waals surface area contributed by atoms with Crippen LogP contribution in [0.3, 0.4) is 0 Å². The number of ether oxygens (including phenoxy) is 1. The average Bonchev–Trinajstić information content (AvgIpc) is 3.36. The van der Waals surface area contributed by atoms with Crippen molar-refractivity contribution in [3.63, 3.8) is 0 Å². The summed E-state index contributed by atoms with van der Waals surface area (Å²) in [7, 11) is 0. The lowest BCUT2D eigenvalue weighted by Gasteiger charge is -2.70. The van der Waals surface area contributed by atoms with Crippen LogP contribution < -0.4 is 10.1 Å². The quantitative estimate of drug-likeness (QED) is 0.664. The van der Waals surface area contributed by atoms with Gasteiger partial charge in [-0.3, -0.25) is 9.59 Å². The van der Waals surface area contributed by atoms with Crippen LogP contribution in [0, 0.1) is 11.2 Å². The van der Waals surface area contributed by atoms with E-state index >= 15 is 0 Å². The Balaban J connectivity index is 1.08. The van der Waals surface area contributed by atoms with Crippen LogP contribution in [0.4, 0.5) is 4.39 Å². The standard InChI is InChI=1S/C21H20ClFN2O3S/c22-15-4-3-14(5-16(15)23)28-7-13(26)6-20-9-21(10-20,11-20)25-18(27)17-8-29-19(24-17)12-1-2-12/h3-5,8,12H,1-2,6-7,9-11H2,(H,25,27). The summed E-state index contributed by atoms with van der Waals surface area (Å²) < 4.78 is 18.8. The molecule has 1 amide bonds. The molecule has 4 aliphatic rings. The van der Waals surface area contributed by atoms with Gasteiger partial charge in [-0.2, -0.15) is 0 Å². The fourth-order valence-corrected chi connectivity index (χ4v) is 5.82. The number of nitrogens with zero attached hydrogens (tertiary/aromatic N) is 1. The largest absolute Gasteiger partial charge is 0.486 e. The van der Waals surface area contributed by atoms with Gasteiger partial charge >= 0.3 is 0 Å². The number of aromatic nitrogens is 1. The highest BCUT2D eigenvalue weighted by Crippen LogP contribution is 2.69. The zero-order chi connectivity index (χ0) is 20.2. The Morgan fingerprint density at radius 1 is 1.31 bits per heavy atom. The summed E-state index contributed by atoms with van der Waals surface area (Å²) in [5.41, 5.74) is 0.302. The zero-order valence-corrected chi connectivity index (χ0v) is 17.2. The molecule has 0 atom stereocenters. The van der Waals surface area contributed by atoms with Gasteiger partial charge in [0.05, 0.1) is 10.0 Å². The molecule has 8 heteroatoms. The van der Waals surface area contributed by atoms with Crippen LogP contribution in [0.2, 0.25) is 5.02 Å². The Morgan fingerprint density at radius 2 is 2.07 bits per heavy atom. The van der Waals surface area contributed by atoms with Crippen molar-refractivity contribution in [3.05, 3.63) is 45.1 Å². The SMILES string of the molecule is O=C(COc1ccc(Cl)c(F)c1)CC12CC(NC(=O)c3csc(C4CC4)n3)(C1)C2. The van der Waals surface area contributed by atoms with E-state index in [0.717, 1.165) is 24.3 Å². The van der Waals surface area contributed by atoms with Crippen LogP contribution in [0.15, 0.2) is 23.6 Å². The van der Waals surface area contributed by atoms with Gasteiger partial charge in [-0.15, -0.1) is 11.3 Å². The molecule has 1 heterocycles. The van der Waals surface area contributed by atoms with Crippen LogP contribution in [-0.2, 0) is 4.79 Å². The van der Waals surface area contributed by atoms with Gasteiger partial charge in [0, 0.05) is 29.3 Å².